The summed E-state index contributed by atoms with van der Waals surface area (Å²) < 4.78 is 5.12. The summed E-state index contributed by atoms with van der Waals surface area (Å²) in [5, 5.41) is 1.28. The van der Waals surface area contributed by atoms with Crippen LogP contribution in [0.3, 0.4) is 0 Å². The fraction of sp³-hybridized carbons (Fsp3) is 0.250. The Morgan fingerprint density at radius 1 is 1.73 bits per heavy atom. The highest BCUT2D eigenvalue weighted by Crippen LogP contribution is 2.16. The lowest BCUT2D eigenvalue weighted by Gasteiger charge is -1.89. The van der Waals surface area contributed by atoms with Gasteiger partial charge in [-0.25, -0.2) is 0 Å². The van der Waals surface area contributed by atoms with Gasteiger partial charge in [-0.2, -0.15) is 0 Å². The second-order valence-electron chi connectivity index (χ2n) is 2.27. The Balaban J connectivity index is 2.78. The summed E-state index contributed by atoms with van der Waals surface area (Å²) in [5.74, 6) is 0.798. The van der Waals surface area contributed by atoms with Crippen molar-refractivity contribution in [1.82, 2.24) is 0 Å². The molecule has 1 heterocycles. The Labute approximate surface area is 79.2 Å². The van der Waals surface area contributed by atoms with Gasteiger partial charge in [-0.1, -0.05) is 21.5 Å². The van der Waals surface area contributed by atoms with Gasteiger partial charge in [0.15, 0.2) is 5.22 Å². The Hall–Kier alpha value is -0.210. The van der Waals surface area contributed by atoms with Gasteiger partial charge in [0.25, 0.3) is 0 Å². The SMILES string of the molecule is CC(=Cc1ccc(Cl)o1)CBr. The van der Waals surface area contributed by atoms with E-state index in [-0.39, 0.29) is 0 Å². The molecule has 0 aliphatic rings. The van der Waals surface area contributed by atoms with Crippen molar-refractivity contribution in [3.8, 4) is 0 Å². The molecule has 0 aliphatic heterocycles. The molecule has 0 aromatic carbocycles. The number of hydrogen-bond acceptors (Lipinski definition) is 1. The standard InChI is InChI=1S/C8H8BrClO/c1-6(5-9)4-7-2-3-8(10)11-7/h2-4H,5H2,1H3. The maximum atomic E-state index is 5.58. The second kappa shape index (κ2) is 3.98. The normalized spacial score (nSPS) is 12.1. The molecular formula is C8H8BrClO. The van der Waals surface area contributed by atoms with Gasteiger partial charge >= 0.3 is 0 Å². The van der Waals surface area contributed by atoms with E-state index in [0.29, 0.717) is 5.22 Å². The first-order valence-corrected chi connectivity index (χ1v) is 4.71. The predicted molar refractivity (Wildman–Crippen MR) is 51.2 cm³/mol. The van der Waals surface area contributed by atoms with Gasteiger partial charge in [0.2, 0.25) is 0 Å². The first-order chi connectivity index (χ1) is 5.22. The Morgan fingerprint density at radius 3 is 2.91 bits per heavy atom. The zero-order chi connectivity index (χ0) is 8.27. The molecule has 0 radical (unpaired) electrons. The van der Waals surface area contributed by atoms with Crippen molar-refractivity contribution >= 4 is 33.6 Å². The van der Waals surface area contributed by atoms with Crippen LogP contribution in [-0.2, 0) is 0 Å². The second-order valence-corrected chi connectivity index (χ2v) is 3.20. The van der Waals surface area contributed by atoms with Gasteiger partial charge in [0.1, 0.15) is 5.76 Å². The zero-order valence-electron chi connectivity index (χ0n) is 6.10. The molecule has 0 amide bonds. The fourth-order valence-electron chi connectivity index (χ4n) is 0.687. The molecule has 1 nitrogen and oxygen atoms in total. The molecule has 0 saturated heterocycles. The average Bonchev–Trinajstić information content (AvgIpc) is 2.35. The van der Waals surface area contributed by atoms with E-state index in [4.69, 9.17) is 16.0 Å². The summed E-state index contributed by atoms with van der Waals surface area (Å²) >= 11 is 8.92. The summed E-state index contributed by atoms with van der Waals surface area (Å²) in [6, 6.07) is 3.57. The number of hydrogen-bond donors (Lipinski definition) is 0. The lowest BCUT2D eigenvalue weighted by Crippen LogP contribution is -1.73. The van der Waals surface area contributed by atoms with Gasteiger partial charge in [0.05, 0.1) is 0 Å². The topological polar surface area (TPSA) is 13.1 Å². The number of furan rings is 1. The predicted octanol–water partition coefficient (Wildman–Crippen LogP) is 3.73. The van der Waals surface area contributed by atoms with Crippen molar-refractivity contribution in [1.29, 1.82) is 0 Å². The van der Waals surface area contributed by atoms with Gasteiger partial charge < -0.3 is 4.42 Å². The zero-order valence-corrected chi connectivity index (χ0v) is 8.45. The average molecular weight is 236 g/mol. The molecule has 1 rings (SSSR count). The molecule has 0 N–H and O–H groups in total. The molecule has 0 spiro atoms. The molecule has 1 aromatic heterocycles. The highest BCUT2D eigenvalue weighted by atomic mass is 79.9. The third kappa shape index (κ3) is 2.72. The van der Waals surface area contributed by atoms with Gasteiger partial charge in [-0.15, -0.1) is 0 Å². The van der Waals surface area contributed by atoms with E-state index in [9.17, 15) is 0 Å². The molecule has 0 aliphatic carbocycles. The van der Waals surface area contributed by atoms with E-state index >= 15 is 0 Å². The Kier molecular flexibility index (Phi) is 3.21. The molecule has 60 valence electrons. The largest absolute Gasteiger partial charge is 0.445 e. The highest BCUT2D eigenvalue weighted by Gasteiger charge is 1.95. The quantitative estimate of drug-likeness (QED) is 0.712. The van der Waals surface area contributed by atoms with Crippen molar-refractivity contribution in [2.75, 3.05) is 5.33 Å². The van der Waals surface area contributed by atoms with Crippen LogP contribution < -0.4 is 0 Å². The molecule has 0 fully saturated rings. The summed E-state index contributed by atoms with van der Waals surface area (Å²) in [4.78, 5) is 0. The molecule has 1 aromatic rings. The minimum Gasteiger partial charge on any atom is -0.445 e. The molecule has 0 atom stereocenters. The van der Waals surface area contributed by atoms with E-state index in [1.165, 1.54) is 5.57 Å². The molecule has 0 bridgehead atoms. The summed E-state index contributed by atoms with van der Waals surface area (Å²) in [6.45, 7) is 2.02. The van der Waals surface area contributed by atoms with Gasteiger partial charge in [-0.3, -0.25) is 0 Å². The van der Waals surface area contributed by atoms with Gasteiger partial charge in [-0.05, 0) is 36.7 Å². The molecule has 0 unspecified atom stereocenters. The lowest BCUT2D eigenvalue weighted by atomic mass is 10.3. The molecule has 0 saturated carbocycles. The minimum atomic E-state index is 0.429. The maximum Gasteiger partial charge on any atom is 0.193 e. The third-order valence-corrected chi connectivity index (χ3v) is 2.28. The van der Waals surface area contributed by atoms with Crippen LogP contribution in [0, 0.1) is 0 Å². The van der Waals surface area contributed by atoms with Crippen LogP contribution in [0.5, 0.6) is 0 Å². The number of rotatable bonds is 2. The van der Waals surface area contributed by atoms with E-state index in [1.54, 1.807) is 6.07 Å². The summed E-state index contributed by atoms with van der Waals surface area (Å²) in [6.07, 6.45) is 1.95. The first-order valence-electron chi connectivity index (χ1n) is 3.21. The Morgan fingerprint density at radius 2 is 2.45 bits per heavy atom. The van der Waals surface area contributed by atoms with Crippen LogP contribution in [-0.4, -0.2) is 5.33 Å². The Bertz CT molecular complexity index is 265. The molecule has 11 heavy (non-hydrogen) atoms. The number of allylic oxidation sites excluding steroid dienone is 1. The third-order valence-electron chi connectivity index (χ3n) is 1.19. The van der Waals surface area contributed by atoms with E-state index in [2.05, 4.69) is 15.9 Å². The number of halogens is 2. The number of alkyl halides is 1. The van der Waals surface area contributed by atoms with E-state index < -0.39 is 0 Å². The van der Waals surface area contributed by atoms with Crippen molar-refractivity contribution in [2.24, 2.45) is 0 Å². The van der Waals surface area contributed by atoms with E-state index in [1.807, 2.05) is 19.1 Å². The van der Waals surface area contributed by atoms with Crippen molar-refractivity contribution in [3.63, 3.8) is 0 Å². The maximum absolute atomic E-state index is 5.58. The monoisotopic (exact) mass is 234 g/mol. The lowest BCUT2D eigenvalue weighted by molar-refractivity contribution is 0.558. The van der Waals surface area contributed by atoms with Crippen molar-refractivity contribution < 1.29 is 4.42 Å². The molecular weight excluding hydrogens is 227 g/mol. The first kappa shape index (κ1) is 8.88. The van der Waals surface area contributed by atoms with Crippen molar-refractivity contribution in [2.45, 2.75) is 6.92 Å². The van der Waals surface area contributed by atoms with Crippen LogP contribution in [0.15, 0.2) is 22.1 Å². The van der Waals surface area contributed by atoms with Crippen LogP contribution in [0.1, 0.15) is 12.7 Å². The van der Waals surface area contributed by atoms with Crippen LogP contribution in [0.25, 0.3) is 6.08 Å². The summed E-state index contributed by atoms with van der Waals surface area (Å²) in [5.41, 5.74) is 1.20. The summed E-state index contributed by atoms with van der Waals surface area (Å²) in [7, 11) is 0. The molecule has 3 heteroatoms. The van der Waals surface area contributed by atoms with E-state index in [0.717, 1.165) is 11.1 Å². The van der Waals surface area contributed by atoms with Gasteiger partial charge in [0, 0.05) is 5.33 Å². The van der Waals surface area contributed by atoms with Crippen LogP contribution >= 0.6 is 27.5 Å². The highest BCUT2D eigenvalue weighted by molar-refractivity contribution is 9.09. The van der Waals surface area contributed by atoms with Crippen LogP contribution in [0.2, 0.25) is 5.22 Å². The minimum absolute atomic E-state index is 0.429. The van der Waals surface area contributed by atoms with Crippen LogP contribution in [0.4, 0.5) is 0 Å². The van der Waals surface area contributed by atoms with Crippen molar-refractivity contribution in [3.05, 3.63) is 28.7 Å². The fourth-order valence-corrected chi connectivity index (χ4v) is 1.00. The smallest absolute Gasteiger partial charge is 0.193 e.